The van der Waals surface area contributed by atoms with Crippen LogP contribution in [0.25, 0.3) is 0 Å². The molecule has 0 spiro atoms. The molecule has 4 heteroatoms. The number of aliphatic hydroxyl groups is 2. The molecule has 0 rings (SSSR count). The van der Waals surface area contributed by atoms with Crippen LogP contribution in [0.4, 0.5) is 0 Å². The van der Waals surface area contributed by atoms with Crippen LogP contribution in [0.3, 0.4) is 0 Å². The minimum Gasteiger partial charge on any atom is -0.394 e. The molecule has 0 aliphatic rings. The SMILES string of the molecule is [B][C@@H](CC)O[C@H](CO)[C@H](C)O. The maximum Gasteiger partial charge on any atom is 0.108 e. The lowest BCUT2D eigenvalue weighted by Crippen LogP contribution is -2.34. The van der Waals surface area contributed by atoms with E-state index in [4.69, 9.17) is 22.8 Å². The van der Waals surface area contributed by atoms with Gasteiger partial charge in [-0.15, -0.1) is 0 Å². The van der Waals surface area contributed by atoms with Crippen molar-refractivity contribution in [2.75, 3.05) is 6.61 Å². The number of ether oxygens (including phenoxy) is 1. The van der Waals surface area contributed by atoms with Crippen LogP contribution in [0, 0.1) is 0 Å². The molecule has 0 saturated heterocycles. The van der Waals surface area contributed by atoms with Gasteiger partial charge in [0.05, 0.1) is 12.7 Å². The Morgan fingerprint density at radius 2 is 2.09 bits per heavy atom. The van der Waals surface area contributed by atoms with Crippen LogP contribution in [0.2, 0.25) is 0 Å². The molecular weight excluding hydrogens is 143 g/mol. The zero-order valence-electron chi connectivity index (χ0n) is 7.03. The van der Waals surface area contributed by atoms with Crippen LogP contribution in [-0.2, 0) is 4.74 Å². The zero-order chi connectivity index (χ0) is 8.85. The first-order valence-corrected chi connectivity index (χ1v) is 3.81. The predicted octanol–water partition coefficient (Wildman–Crippen LogP) is -0.351. The third-order valence-electron chi connectivity index (χ3n) is 1.47. The fraction of sp³-hybridized carbons (Fsp3) is 1.00. The first-order chi connectivity index (χ1) is 5.11. The molecule has 0 fully saturated rings. The topological polar surface area (TPSA) is 49.7 Å². The van der Waals surface area contributed by atoms with Crippen molar-refractivity contribution in [3.05, 3.63) is 0 Å². The third-order valence-corrected chi connectivity index (χ3v) is 1.47. The molecule has 0 aliphatic carbocycles. The Bertz CT molecular complexity index is 97.7. The van der Waals surface area contributed by atoms with Crippen LogP contribution in [0.5, 0.6) is 0 Å². The molecule has 0 saturated carbocycles. The van der Waals surface area contributed by atoms with E-state index in [2.05, 4.69) is 0 Å². The van der Waals surface area contributed by atoms with Gasteiger partial charge in [0.25, 0.3) is 0 Å². The fourth-order valence-corrected chi connectivity index (χ4v) is 0.630. The molecule has 2 N–H and O–H groups in total. The lowest BCUT2D eigenvalue weighted by molar-refractivity contribution is -0.0689. The highest BCUT2D eigenvalue weighted by atomic mass is 16.5. The standard InChI is InChI=1S/C7H15BO3/c1-3-7(8)11-6(4-9)5(2)10/h5-7,9-10H,3-4H2,1-2H3/t5-,6+,7+/m0/s1. The van der Waals surface area contributed by atoms with Crippen molar-refractivity contribution in [2.24, 2.45) is 0 Å². The predicted molar refractivity (Wildman–Crippen MR) is 43.5 cm³/mol. The quantitative estimate of drug-likeness (QED) is 0.537. The molecule has 11 heavy (non-hydrogen) atoms. The van der Waals surface area contributed by atoms with E-state index in [0.717, 1.165) is 0 Å². The van der Waals surface area contributed by atoms with E-state index >= 15 is 0 Å². The van der Waals surface area contributed by atoms with Crippen molar-refractivity contribution >= 4 is 7.85 Å². The molecule has 3 nitrogen and oxygen atoms in total. The number of rotatable bonds is 5. The Hall–Kier alpha value is -0.0551. The summed E-state index contributed by atoms with van der Waals surface area (Å²) >= 11 is 0. The van der Waals surface area contributed by atoms with Crippen LogP contribution >= 0.6 is 0 Å². The van der Waals surface area contributed by atoms with Gasteiger partial charge >= 0.3 is 0 Å². The summed E-state index contributed by atoms with van der Waals surface area (Å²) in [5.41, 5.74) is 0. The number of hydrogen-bond acceptors (Lipinski definition) is 3. The van der Waals surface area contributed by atoms with Gasteiger partial charge < -0.3 is 14.9 Å². The molecule has 0 bridgehead atoms. The molecule has 0 heterocycles. The summed E-state index contributed by atoms with van der Waals surface area (Å²) in [6.07, 6.45) is -0.578. The van der Waals surface area contributed by atoms with Gasteiger partial charge in [-0.1, -0.05) is 6.92 Å². The van der Waals surface area contributed by atoms with E-state index in [0.29, 0.717) is 6.42 Å². The minimum absolute atomic E-state index is 0.203. The van der Waals surface area contributed by atoms with E-state index in [9.17, 15) is 0 Å². The summed E-state index contributed by atoms with van der Waals surface area (Å²) in [6.45, 7) is 3.23. The van der Waals surface area contributed by atoms with Crippen molar-refractivity contribution in [2.45, 2.75) is 38.5 Å². The van der Waals surface area contributed by atoms with Gasteiger partial charge in [-0.3, -0.25) is 0 Å². The third kappa shape index (κ3) is 4.40. The van der Waals surface area contributed by atoms with Crippen molar-refractivity contribution in [3.63, 3.8) is 0 Å². The number of hydrogen-bond donors (Lipinski definition) is 2. The summed E-state index contributed by atoms with van der Waals surface area (Å²) in [7, 11) is 5.44. The average molecular weight is 158 g/mol. The van der Waals surface area contributed by atoms with Crippen molar-refractivity contribution in [1.82, 2.24) is 0 Å². The van der Waals surface area contributed by atoms with E-state index in [-0.39, 0.29) is 6.61 Å². The molecule has 0 amide bonds. The molecule has 64 valence electrons. The molecule has 2 radical (unpaired) electrons. The smallest absolute Gasteiger partial charge is 0.108 e. The van der Waals surface area contributed by atoms with Crippen LogP contribution in [0.15, 0.2) is 0 Å². The Morgan fingerprint density at radius 3 is 2.36 bits per heavy atom. The second-order valence-electron chi connectivity index (χ2n) is 2.54. The molecule has 0 aliphatic heterocycles. The zero-order valence-corrected chi connectivity index (χ0v) is 7.03. The van der Waals surface area contributed by atoms with Crippen LogP contribution in [-0.4, -0.2) is 42.9 Å². The average Bonchev–Trinajstić information content (AvgIpc) is 1.99. The number of aliphatic hydroxyl groups excluding tert-OH is 2. The van der Waals surface area contributed by atoms with Gasteiger partial charge in [0.15, 0.2) is 0 Å². The van der Waals surface area contributed by atoms with Crippen LogP contribution < -0.4 is 0 Å². The molecular formula is C7H15BO3. The largest absolute Gasteiger partial charge is 0.394 e. The van der Waals surface area contributed by atoms with Crippen LogP contribution in [0.1, 0.15) is 20.3 Å². The summed E-state index contributed by atoms with van der Waals surface area (Å²) < 4.78 is 5.09. The van der Waals surface area contributed by atoms with Crippen molar-refractivity contribution in [3.8, 4) is 0 Å². The van der Waals surface area contributed by atoms with E-state index < -0.39 is 18.2 Å². The van der Waals surface area contributed by atoms with Crippen molar-refractivity contribution < 1.29 is 14.9 Å². The van der Waals surface area contributed by atoms with Gasteiger partial charge in [0, 0.05) is 6.00 Å². The Labute approximate surface area is 68.8 Å². The first kappa shape index (κ1) is 10.9. The van der Waals surface area contributed by atoms with E-state index in [1.165, 1.54) is 0 Å². The second-order valence-corrected chi connectivity index (χ2v) is 2.54. The Morgan fingerprint density at radius 1 is 1.55 bits per heavy atom. The Balaban J connectivity index is 3.68. The van der Waals surface area contributed by atoms with Crippen molar-refractivity contribution in [1.29, 1.82) is 0 Å². The van der Waals surface area contributed by atoms with Gasteiger partial charge in [0.1, 0.15) is 14.0 Å². The van der Waals surface area contributed by atoms with Gasteiger partial charge in [0.2, 0.25) is 0 Å². The van der Waals surface area contributed by atoms with Gasteiger partial charge in [-0.2, -0.15) is 0 Å². The molecule has 0 aromatic rings. The van der Waals surface area contributed by atoms with Gasteiger partial charge in [-0.05, 0) is 13.3 Å². The molecule has 0 aromatic heterocycles. The molecule has 0 unspecified atom stereocenters. The maximum absolute atomic E-state index is 9.02. The highest BCUT2D eigenvalue weighted by molar-refractivity contribution is 6.10. The molecule has 0 aromatic carbocycles. The lowest BCUT2D eigenvalue weighted by atomic mass is 9.97. The summed E-state index contributed by atoms with van der Waals surface area (Å²) in [5, 5.41) is 17.7. The van der Waals surface area contributed by atoms with Gasteiger partial charge in [-0.25, -0.2) is 0 Å². The monoisotopic (exact) mass is 158 g/mol. The summed E-state index contributed by atoms with van der Waals surface area (Å²) in [5.74, 6) is 0. The normalized spacial score (nSPS) is 19.3. The molecule has 3 atom stereocenters. The van der Waals surface area contributed by atoms with E-state index in [1.807, 2.05) is 6.92 Å². The summed E-state index contributed by atoms with van der Waals surface area (Å²) in [4.78, 5) is 0. The maximum atomic E-state index is 9.02. The van der Waals surface area contributed by atoms with E-state index in [1.54, 1.807) is 6.92 Å². The highest BCUT2D eigenvalue weighted by Gasteiger charge is 2.15. The minimum atomic E-state index is -0.683. The fourth-order valence-electron chi connectivity index (χ4n) is 0.630. The Kier molecular flexibility index (Phi) is 5.55. The first-order valence-electron chi connectivity index (χ1n) is 3.81. The summed E-state index contributed by atoms with van der Waals surface area (Å²) in [6, 6.07) is -0.401. The highest BCUT2D eigenvalue weighted by Crippen LogP contribution is 2.03. The lowest BCUT2D eigenvalue weighted by Gasteiger charge is -2.22. The second kappa shape index (κ2) is 5.58.